The molecule has 0 aromatic carbocycles. The molecule has 2 saturated heterocycles. The van der Waals surface area contributed by atoms with Gasteiger partial charge in [-0.3, -0.25) is 14.5 Å². The van der Waals surface area contributed by atoms with Crippen molar-refractivity contribution in [2.75, 3.05) is 19.6 Å². The van der Waals surface area contributed by atoms with Gasteiger partial charge < -0.3 is 10.2 Å². The Morgan fingerprint density at radius 1 is 1.12 bits per heavy atom. The molecular weight excluding hydrogens is 304 g/mol. The Kier molecular flexibility index (Phi) is 5.09. The van der Waals surface area contributed by atoms with Crippen molar-refractivity contribution in [2.24, 2.45) is 0 Å². The largest absolute Gasteiger partial charge is 0.338 e. The number of rotatable bonds is 4. The van der Waals surface area contributed by atoms with E-state index in [2.05, 4.69) is 16.3 Å². The second-order valence-electron chi connectivity index (χ2n) is 7.55. The van der Waals surface area contributed by atoms with Gasteiger partial charge in [0.1, 0.15) is 5.54 Å². The number of hydrogen-bond donors (Lipinski definition) is 1. The van der Waals surface area contributed by atoms with E-state index in [0.717, 1.165) is 64.5 Å². The van der Waals surface area contributed by atoms with Gasteiger partial charge in [-0.1, -0.05) is 0 Å². The van der Waals surface area contributed by atoms with E-state index >= 15 is 0 Å². The predicted octanol–water partition coefficient (Wildman–Crippen LogP) is 1.41. The standard InChI is InChI=1S/C18H28N4O2/c1-14(23)22-11-5-7-16(22)15-6-4-10-21(15)12-17(24)20-18(13-19)8-2-3-9-18/h15-16H,2-12H2,1H3,(H,20,24)/t15-,16-/m1/s1. The average molecular weight is 332 g/mol. The van der Waals surface area contributed by atoms with Crippen LogP contribution in [0.4, 0.5) is 0 Å². The van der Waals surface area contributed by atoms with Gasteiger partial charge in [0.25, 0.3) is 0 Å². The van der Waals surface area contributed by atoms with Gasteiger partial charge in [0.15, 0.2) is 0 Å². The van der Waals surface area contributed by atoms with Crippen molar-refractivity contribution in [3.05, 3.63) is 0 Å². The molecule has 0 spiro atoms. The number of hydrogen-bond acceptors (Lipinski definition) is 4. The fourth-order valence-electron chi connectivity index (χ4n) is 4.80. The lowest BCUT2D eigenvalue weighted by Gasteiger charge is -2.34. The number of carbonyl (C=O) groups is 2. The summed E-state index contributed by atoms with van der Waals surface area (Å²) < 4.78 is 0. The Labute approximate surface area is 144 Å². The number of likely N-dealkylation sites (tertiary alicyclic amines) is 2. The van der Waals surface area contributed by atoms with Crippen LogP contribution in [0.15, 0.2) is 0 Å². The number of nitriles is 1. The molecular formula is C18H28N4O2. The molecule has 1 aliphatic carbocycles. The maximum Gasteiger partial charge on any atom is 0.235 e. The molecule has 2 amide bonds. The first-order valence-electron chi connectivity index (χ1n) is 9.28. The molecule has 0 radical (unpaired) electrons. The normalized spacial score (nSPS) is 29.6. The highest BCUT2D eigenvalue weighted by molar-refractivity contribution is 5.79. The van der Waals surface area contributed by atoms with E-state index in [9.17, 15) is 14.9 Å². The maximum absolute atomic E-state index is 12.5. The Bertz CT molecular complexity index is 536. The molecule has 0 unspecified atom stereocenters. The van der Waals surface area contributed by atoms with E-state index in [1.165, 1.54) is 0 Å². The molecule has 1 N–H and O–H groups in total. The van der Waals surface area contributed by atoms with Crippen molar-refractivity contribution >= 4 is 11.8 Å². The third-order valence-electron chi connectivity index (χ3n) is 5.96. The van der Waals surface area contributed by atoms with E-state index in [1.807, 2.05) is 4.90 Å². The Morgan fingerprint density at radius 3 is 2.46 bits per heavy atom. The number of nitrogens with zero attached hydrogens (tertiary/aromatic N) is 3. The fraction of sp³-hybridized carbons (Fsp3) is 0.833. The third-order valence-corrected chi connectivity index (χ3v) is 5.96. The van der Waals surface area contributed by atoms with E-state index in [4.69, 9.17) is 0 Å². The van der Waals surface area contributed by atoms with Crippen LogP contribution >= 0.6 is 0 Å². The summed E-state index contributed by atoms with van der Waals surface area (Å²) >= 11 is 0. The lowest BCUT2D eigenvalue weighted by Crippen LogP contribution is -2.53. The molecule has 6 nitrogen and oxygen atoms in total. The zero-order valence-electron chi connectivity index (χ0n) is 14.6. The predicted molar refractivity (Wildman–Crippen MR) is 90.0 cm³/mol. The molecule has 2 atom stereocenters. The molecule has 24 heavy (non-hydrogen) atoms. The van der Waals surface area contributed by atoms with Crippen molar-refractivity contribution < 1.29 is 9.59 Å². The average Bonchev–Trinajstić information content (AvgIpc) is 3.26. The van der Waals surface area contributed by atoms with Gasteiger partial charge in [-0.15, -0.1) is 0 Å². The first kappa shape index (κ1) is 17.2. The minimum atomic E-state index is -0.648. The third kappa shape index (κ3) is 3.41. The molecule has 0 bridgehead atoms. The summed E-state index contributed by atoms with van der Waals surface area (Å²) in [6.07, 6.45) is 7.75. The SMILES string of the molecule is CC(=O)N1CCC[C@@H]1[C@H]1CCCN1CC(=O)NC1(C#N)CCCC1. The van der Waals surface area contributed by atoms with Crippen LogP contribution in [0, 0.1) is 11.3 Å². The molecule has 3 rings (SSSR count). The summed E-state index contributed by atoms with van der Waals surface area (Å²) in [5.74, 6) is 0.0981. The Hall–Kier alpha value is -1.61. The van der Waals surface area contributed by atoms with Crippen molar-refractivity contribution in [1.29, 1.82) is 5.26 Å². The van der Waals surface area contributed by atoms with Crippen LogP contribution in [-0.2, 0) is 9.59 Å². The summed E-state index contributed by atoms with van der Waals surface area (Å²) in [5, 5.41) is 12.4. The molecule has 2 aliphatic heterocycles. The van der Waals surface area contributed by atoms with Crippen LogP contribution < -0.4 is 5.32 Å². The summed E-state index contributed by atoms with van der Waals surface area (Å²) in [6, 6.07) is 2.84. The minimum Gasteiger partial charge on any atom is -0.338 e. The van der Waals surface area contributed by atoms with E-state index < -0.39 is 5.54 Å². The van der Waals surface area contributed by atoms with Crippen molar-refractivity contribution in [1.82, 2.24) is 15.1 Å². The molecule has 0 aromatic heterocycles. The monoisotopic (exact) mass is 332 g/mol. The minimum absolute atomic E-state index is 0.0438. The van der Waals surface area contributed by atoms with Crippen LogP contribution in [0.5, 0.6) is 0 Å². The van der Waals surface area contributed by atoms with Crippen LogP contribution in [0.2, 0.25) is 0 Å². The van der Waals surface area contributed by atoms with E-state index in [-0.39, 0.29) is 23.9 Å². The lowest BCUT2D eigenvalue weighted by molar-refractivity contribution is -0.130. The zero-order chi connectivity index (χ0) is 17.2. The Balaban J connectivity index is 1.61. The van der Waals surface area contributed by atoms with E-state index in [0.29, 0.717) is 6.54 Å². The molecule has 2 heterocycles. The smallest absolute Gasteiger partial charge is 0.235 e. The maximum atomic E-state index is 12.5. The first-order valence-corrected chi connectivity index (χ1v) is 9.28. The summed E-state index contributed by atoms with van der Waals surface area (Å²) in [6.45, 7) is 3.73. The van der Waals surface area contributed by atoms with E-state index in [1.54, 1.807) is 6.92 Å². The lowest BCUT2D eigenvalue weighted by atomic mass is 9.99. The second kappa shape index (κ2) is 7.10. The van der Waals surface area contributed by atoms with Gasteiger partial charge in [-0.05, 0) is 57.9 Å². The molecule has 0 aromatic rings. The highest BCUT2D eigenvalue weighted by atomic mass is 16.2. The summed E-state index contributed by atoms with van der Waals surface area (Å²) in [7, 11) is 0. The summed E-state index contributed by atoms with van der Waals surface area (Å²) in [4.78, 5) is 28.6. The molecule has 3 aliphatic rings. The first-order chi connectivity index (χ1) is 11.5. The number of carbonyl (C=O) groups excluding carboxylic acids is 2. The zero-order valence-corrected chi connectivity index (χ0v) is 14.6. The summed E-state index contributed by atoms with van der Waals surface area (Å²) in [5.41, 5.74) is -0.648. The Morgan fingerprint density at radius 2 is 1.79 bits per heavy atom. The fourth-order valence-corrected chi connectivity index (χ4v) is 4.80. The van der Waals surface area contributed by atoms with Gasteiger partial charge in [-0.25, -0.2) is 0 Å². The van der Waals surface area contributed by atoms with Gasteiger partial charge in [0.2, 0.25) is 11.8 Å². The van der Waals surface area contributed by atoms with Crippen LogP contribution in [0.3, 0.4) is 0 Å². The molecule has 3 fully saturated rings. The van der Waals surface area contributed by atoms with Crippen LogP contribution in [0.25, 0.3) is 0 Å². The topological polar surface area (TPSA) is 76.4 Å². The quantitative estimate of drug-likeness (QED) is 0.844. The van der Waals surface area contributed by atoms with Crippen LogP contribution in [0.1, 0.15) is 58.3 Å². The number of amides is 2. The van der Waals surface area contributed by atoms with Gasteiger partial charge in [0.05, 0.1) is 12.6 Å². The van der Waals surface area contributed by atoms with Gasteiger partial charge in [-0.2, -0.15) is 5.26 Å². The van der Waals surface area contributed by atoms with Gasteiger partial charge in [0, 0.05) is 25.6 Å². The highest BCUT2D eigenvalue weighted by Crippen LogP contribution is 2.31. The molecule has 6 heteroatoms. The molecule has 132 valence electrons. The van der Waals surface area contributed by atoms with Crippen LogP contribution in [-0.4, -0.2) is 58.9 Å². The van der Waals surface area contributed by atoms with Gasteiger partial charge >= 0.3 is 0 Å². The number of nitrogens with one attached hydrogen (secondary N) is 1. The van der Waals surface area contributed by atoms with Crippen molar-refractivity contribution in [3.8, 4) is 6.07 Å². The van der Waals surface area contributed by atoms with Crippen molar-refractivity contribution in [2.45, 2.75) is 75.9 Å². The second-order valence-corrected chi connectivity index (χ2v) is 7.55. The highest BCUT2D eigenvalue weighted by Gasteiger charge is 2.40. The molecule has 1 saturated carbocycles. The van der Waals surface area contributed by atoms with Crippen molar-refractivity contribution in [3.63, 3.8) is 0 Å².